The van der Waals surface area contributed by atoms with Crippen LogP contribution in [0, 0.1) is 0 Å². The molecule has 0 radical (unpaired) electrons. The number of rotatable bonds is 3. The Hall–Kier alpha value is -1.82. The van der Waals surface area contributed by atoms with Crippen LogP contribution in [-0.2, 0) is 0 Å². The number of allylic oxidation sites excluding steroid dienone is 1. The summed E-state index contributed by atoms with van der Waals surface area (Å²) in [7, 11) is 0. The van der Waals surface area contributed by atoms with Crippen LogP contribution < -0.4 is 0 Å². The molecule has 0 unspecified atom stereocenters. The van der Waals surface area contributed by atoms with E-state index in [0.717, 1.165) is 0 Å². The van der Waals surface area contributed by atoms with Gasteiger partial charge in [0, 0.05) is 17.3 Å². The summed E-state index contributed by atoms with van der Waals surface area (Å²) in [6, 6.07) is 1.55. The van der Waals surface area contributed by atoms with E-state index in [2.05, 4.69) is 16.5 Å². The molecule has 0 aliphatic heterocycles. The van der Waals surface area contributed by atoms with Gasteiger partial charge in [-0.3, -0.25) is 4.57 Å². The molecule has 1 N–H and O–H groups in total. The summed E-state index contributed by atoms with van der Waals surface area (Å²) in [5, 5.41) is 10.4. The molecule has 0 spiro atoms. The zero-order valence-corrected chi connectivity index (χ0v) is 10.3. The molecule has 0 amide bonds. The van der Waals surface area contributed by atoms with Crippen LogP contribution in [0.25, 0.3) is 16.7 Å². The summed E-state index contributed by atoms with van der Waals surface area (Å²) in [5.74, 6) is -1.00. The zero-order valence-electron chi connectivity index (χ0n) is 9.47. The second-order valence-electron chi connectivity index (χ2n) is 3.54. The van der Waals surface area contributed by atoms with Crippen LogP contribution in [0.2, 0.25) is 0 Å². The van der Waals surface area contributed by atoms with E-state index in [-0.39, 0.29) is 5.69 Å². The summed E-state index contributed by atoms with van der Waals surface area (Å²) in [6.07, 6.45) is 3.49. The van der Waals surface area contributed by atoms with Crippen molar-refractivity contribution in [3.63, 3.8) is 0 Å². The predicted octanol–water partition coefficient (Wildman–Crippen LogP) is 2.34. The lowest BCUT2D eigenvalue weighted by Crippen LogP contribution is -2.06. The maximum Gasteiger partial charge on any atom is 0.352 e. The molecule has 0 bridgehead atoms. The highest BCUT2D eigenvalue weighted by molar-refractivity contribution is 7.98. The van der Waals surface area contributed by atoms with Gasteiger partial charge in [-0.05, 0) is 19.2 Å². The topological polar surface area (TPSA) is 68.0 Å². The Bertz CT molecular complexity index is 618. The van der Waals surface area contributed by atoms with Crippen molar-refractivity contribution in [2.75, 3.05) is 6.26 Å². The second-order valence-corrected chi connectivity index (χ2v) is 4.31. The Labute approximate surface area is 102 Å². The highest BCUT2D eigenvalue weighted by Gasteiger charge is 2.16. The van der Waals surface area contributed by atoms with Crippen molar-refractivity contribution < 1.29 is 9.90 Å². The van der Waals surface area contributed by atoms with E-state index in [1.54, 1.807) is 19.2 Å². The fourth-order valence-corrected chi connectivity index (χ4v) is 1.95. The first-order valence-electron chi connectivity index (χ1n) is 4.86. The number of aromatic carboxylic acids is 1. The van der Waals surface area contributed by atoms with E-state index in [1.165, 1.54) is 16.3 Å². The molecule has 2 rings (SSSR count). The molecule has 0 saturated heterocycles. The Morgan fingerprint density at radius 3 is 2.82 bits per heavy atom. The summed E-state index contributed by atoms with van der Waals surface area (Å²) in [6.45, 7) is 5.52. The molecule has 0 aliphatic rings. The van der Waals surface area contributed by atoms with Gasteiger partial charge in [-0.25, -0.2) is 14.8 Å². The molecule has 0 aliphatic carbocycles. The number of carbonyl (C=O) groups is 1. The molecule has 6 heteroatoms. The first kappa shape index (κ1) is 11.7. The van der Waals surface area contributed by atoms with E-state index in [4.69, 9.17) is 5.11 Å². The Kier molecular flexibility index (Phi) is 2.89. The van der Waals surface area contributed by atoms with E-state index in [0.29, 0.717) is 21.9 Å². The normalized spacial score (nSPS) is 10.7. The van der Waals surface area contributed by atoms with Gasteiger partial charge in [0.2, 0.25) is 0 Å². The third kappa shape index (κ3) is 1.91. The lowest BCUT2D eigenvalue weighted by molar-refractivity contribution is 0.0689. The highest BCUT2D eigenvalue weighted by Crippen LogP contribution is 2.22. The van der Waals surface area contributed by atoms with Gasteiger partial charge >= 0.3 is 5.97 Å². The van der Waals surface area contributed by atoms with Gasteiger partial charge in [-0.2, -0.15) is 0 Å². The van der Waals surface area contributed by atoms with Crippen molar-refractivity contribution in [3.8, 4) is 0 Å². The molecule has 88 valence electrons. The number of hydrogen-bond acceptors (Lipinski definition) is 4. The monoisotopic (exact) mass is 249 g/mol. The van der Waals surface area contributed by atoms with E-state index < -0.39 is 5.97 Å². The lowest BCUT2D eigenvalue weighted by Gasteiger charge is -2.06. The number of thioether (sulfide) groups is 1. The van der Waals surface area contributed by atoms with Gasteiger partial charge < -0.3 is 5.11 Å². The van der Waals surface area contributed by atoms with Crippen molar-refractivity contribution in [3.05, 3.63) is 24.5 Å². The van der Waals surface area contributed by atoms with Crippen LogP contribution in [0.1, 0.15) is 17.4 Å². The largest absolute Gasteiger partial charge is 0.477 e. The fourth-order valence-electron chi connectivity index (χ4n) is 1.62. The standard InChI is InChI=1S/C11H11N3O2S/c1-6(2)14-8(10(15)16)4-7-5-12-11(17-3)13-9(7)14/h4-5H,1H2,2-3H3,(H,15,16). The van der Waals surface area contributed by atoms with Gasteiger partial charge in [0.1, 0.15) is 11.3 Å². The lowest BCUT2D eigenvalue weighted by atomic mass is 10.4. The van der Waals surface area contributed by atoms with Gasteiger partial charge in [0.25, 0.3) is 0 Å². The third-order valence-electron chi connectivity index (χ3n) is 2.30. The van der Waals surface area contributed by atoms with Crippen molar-refractivity contribution in [1.29, 1.82) is 0 Å². The van der Waals surface area contributed by atoms with Crippen LogP contribution in [0.3, 0.4) is 0 Å². The average Bonchev–Trinajstić information content (AvgIpc) is 2.66. The molecule has 5 nitrogen and oxygen atoms in total. The minimum absolute atomic E-state index is 0.153. The van der Waals surface area contributed by atoms with Gasteiger partial charge in [-0.1, -0.05) is 18.3 Å². The Morgan fingerprint density at radius 1 is 1.59 bits per heavy atom. The molecule has 2 aromatic heterocycles. The van der Waals surface area contributed by atoms with Gasteiger partial charge in [0.05, 0.1) is 0 Å². The van der Waals surface area contributed by atoms with Crippen LogP contribution in [-0.4, -0.2) is 31.9 Å². The van der Waals surface area contributed by atoms with E-state index in [1.807, 2.05) is 6.26 Å². The third-order valence-corrected chi connectivity index (χ3v) is 2.86. The average molecular weight is 249 g/mol. The fraction of sp³-hybridized carbons (Fsp3) is 0.182. The second kappa shape index (κ2) is 4.21. The van der Waals surface area contributed by atoms with E-state index >= 15 is 0 Å². The maximum atomic E-state index is 11.1. The molecule has 0 saturated carbocycles. The minimum atomic E-state index is -1.00. The smallest absolute Gasteiger partial charge is 0.352 e. The SMILES string of the molecule is C=C(C)n1c(C(=O)O)cc2cnc(SC)nc21. The van der Waals surface area contributed by atoms with Crippen LogP contribution in [0.4, 0.5) is 0 Å². The van der Waals surface area contributed by atoms with Crippen molar-refractivity contribution in [2.45, 2.75) is 12.1 Å². The Morgan fingerprint density at radius 2 is 2.29 bits per heavy atom. The molecular formula is C11H11N3O2S. The summed E-state index contributed by atoms with van der Waals surface area (Å²) in [5.41, 5.74) is 1.34. The van der Waals surface area contributed by atoms with Gasteiger partial charge in [-0.15, -0.1) is 0 Å². The van der Waals surface area contributed by atoms with Crippen LogP contribution in [0.15, 0.2) is 24.0 Å². The minimum Gasteiger partial charge on any atom is -0.477 e. The number of nitrogens with zero attached hydrogens (tertiary/aromatic N) is 3. The van der Waals surface area contributed by atoms with Crippen molar-refractivity contribution >= 4 is 34.5 Å². The zero-order chi connectivity index (χ0) is 12.6. The Balaban J connectivity index is 2.81. The number of carboxylic acid groups (broad SMARTS) is 1. The summed E-state index contributed by atoms with van der Waals surface area (Å²) in [4.78, 5) is 19.6. The highest BCUT2D eigenvalue weighted by atomic mass is 32.2. The number of carboxylic acids is 1. The molecular weight excluding hydrogens is 238 g/mol. The van der Waals surface area contributed by atoms with Crippen molar-refractivity contribution in [2.24, 2.45) is 0 Å². The molecule has 17 heavy (non-hydrogen) atoms. The molecule has 2 aromatic rings. The first-order valence-corrected chi connectivity index (χ1v) is 6.08. The quantitative estimate of drug-likeness (QED) is 0.668. The van der Waals surface area contributed by atoms with Crippen molar-refractivity contribution in [1.82, 2.24) is 14.5 Å². The van der Waals surface area contributed by atoms with Gasteiger partial charge in [0.15, 0.2) is 5.16 Å². The molecule has 0 atom stereocenters. The first-order chi connectivity index (χ1) is 8.04. The molecule has 2 heterocycles. The maximum absolute atomic E-state index is 11.1. The number of aromatic nitrogens is 3. The summed E-state index contributed by atoms with van der Waals surface area (Å²) < 4.78 is 1.53. The number of hydrogen-bond donors (Lipinski definition) is 1. The van der Waals surface area contributed by atoms with E-state index in [9.17, 15) is 4.79 Å². The summed E-state index contributed by atoms with van der Waals surface area (Å²) >= 11 is 1.41. The number of fused-ring (bicyclic) bond motifs is 1. The van der Waals surface area contributed by atoms with Crippen LogP contribution in [0.5, 0.6) is 0 Å². The molecule has 0 fully saturated rings. The van der Waals surface area contributed by atoms with Crippen LogP contribution >= 0.6 is 11.8 Å². The molecule has 0 aromatic carbocycles. The predicted molar refractivity (Wildman–Crippen MR) is 67.3 cm³/mol.